The Morgan fingerprint density at radius 3 is 2.22 bits per heavy atom. The Labute approximate surface area is 56.6 Å². The third-order valence-electron chi connectivity index (χ3n) is 3.01. The fraction of sp³-hybridized carbons (Fsp3) is 1.00. The summed E-state index contributed by atoms with van der Waals surface area (Å²) in [5, 5.41) is 0. The van der Waals surface area contributed by atoms with Crippen molar-refractivity contribution in [2.45, 2.75) is 25.7 Å². The van der Waals surface area contributed by atoms with Crippen LogP contribution in [0.5, 0.6) is 0 Å². The zero-order valence-corrected chi connectivity index (χ0v) is 5.84. The summed E-state index contributed by atoms with van der Waals surface area (Å²) in [6.45, 7) is 0.946. The lowest BCUT2D eigenvalue weighted by molar-refractivity contribution is 0.157. The summed E-state index contributed by atoms with van der Waals surface area (Å²) in [4.78, 5) is 0. The third kappa shape index (κ3) is 0.877. The Morgan fingerprint density at radius 1 is 1.11 bits per heavy atom. The van der Waals surface area contributed by atoms with E-state index in [1.54, 1.807) is 0 Å². The predicted molar refractivity (Wildman–Crippen MR) is 38.0 cm³/mol. The quantitative estimate of drug-likeness (QED) is 0.593. The molecule has 2 unspecified atom stereocenters. The largest absolute Gasteiger partial charge is 0.330 e. The normalized spacial score (nSPS) is 42.3. The Kier molecular flexibility index (Phi) is 1.26. The van der Waals surface area contributed by atoms with Crippen LogP contribution in [0.1, 0.15) is 25.7 Å². The maximum absolute atomic E-state index is 5.59. The van der Waals surface area contributed by atoms with Crippen LogP contribution in [0.4, 0.5) is 0 Å². The minimum atomic E-state index is 0.914. The Balaban J connectivity index is 1.83. The van der Waals surface area contributed by atoms with Gasteiger partial charge in [-0.25, -0.2) is 0 Å². The number of nitrogens with two attached hydrogens (primary N) is 1. The molecular weight excluding hydrogens is 110 g/mol. The van der Waals surface area contributed by atoms with Crippen LogP contribution in [0, 0.1) is 17.8 Å². The second-order valence-electron chi connectivity index (χ2n) is 3.57. The topological polar surface area (TPSA) is 26.0 Å². The molecule has 0 heterocycles. The van der Waals surface area contributed by atoms with E-state index in [9.17, 15) is 0 Å². The van der Waals surface area contributed by atoms with Gasteiger partial charge in [0.25, 0.3) is 0 Å². The summed E-state index contributed by atoms with van der Waals surface area (Å²) < 4.78 is 0. The molecule has 0 aromatic heterocycles. The number of hydrogen-bond acceptors (Lipinski definition) is 1. The second kappa shape index (κ2) is 1.98. The van der Waals surface area contributed by atoms with Crippen LogP contribution in [0.25, 0.3) is 0 Å². The van der Waals surface area contributed by atoms with Crippen molar-refractivity contribution in [3.63, 3.8) is 0 Å². The summed E-state index contributed by atoms with van der Waals surface area (Å²) in [5.74, 6) is 3.07. The highest BCUT2D eigenvalue weighted by Crippen LogP contribution is 2.49. The maximum Gasteiger partial charge on any atom is -0.00461 e. The molecule has 0 amide bonds. The van der Waals surface area contributed by atoms with Crippen LogP contribution in [-0.2, 0) is 0 Å². The van der Waals surface area contributed by atoms with Gasteiger partial charge in [-0.1, -0.05) is 0 Å². The van der Waals surface area contributed by atoms with Crippen LogP contribution in [-0.4, -0.2) is 6.54 Å². The van der Waals surface area contributed by atoms with Crippen molar-refractivity contribution in [3.05, 3.63) is 0 Å². The molecule has 0 spiro atoms. The van der Waals surface area contributed by atoms with Gasteiger partial charge in [0, 0.05) is 0 Å². The van der Waals surface area contributed by atoms with E-state index in [0.717, 1.165) is 24.3 Å². The van der Waals surface area contributed by atoms with Gasteiger partial charge in [0.15, 0.2) is 0 Å². The molecule has 2 atom stereocenters. The van der Waals surface area contributed by atoms with Crippen LogP contribution >= 0.6 is 0 Å². The van der Waals surface area contributed by atoms with Crippen LogP contribution in [0.3, 0.4) is 0 Å². The van der Waals surface area contributed by atoms with E-state index in [1.165, 1.54) is 25.7 Å². The van der Waals surface area contributed by atoms with Crippen molar-refractivity contribution in [1.29, 1.82) is 0 Å². The molecule has 2 saturated carbocycles. The average molecular weight is 125 g/mol. The molecule has 0 aromatic carbocycles. The molecule has 2 rings (SSSR count). The van der Waals surface area contributed by atoms with Crippen molar-refractivity contribution in [3.8, 4) is 0 Å². The number of hydrogen-bond donors (Lipinski definition) is 1. The smallest absolute Gasteiger partial charge is 0.00461 e. The second-order valence-corrected chi connectivity index (χ2v) is 3.57. The highest BCUT2D eigenvalue weighted by Gasteiger charge is 2.40. The van der Waals surface area contributed by atoms with Gasteiger partial charge in [-0.2, -0.15) is 0 Å². The van der Waals surface area contributed by atoms with E-state index in [4.69, 9.17) is 5.73 Å². The molecule has 2 N–H and O–H groups in total. The first-order valence-electron chi connectivity index (χ1n) is 4.12. The van der Waals surface area contributed by atoms with E-state index in [2.05, 4.69) is 0 Å². The zero-order chi connectivity index (χ0) is 6.27. The highest BCUT2D eigenvalue weighted by atomic mass is 14.6. The first-order chi connectivity index (χ1) is 4.42. The number of rotatable bonds is 2. The summed E-state index contributed by atoms with van der Waals surface area (Å²) in [6, 6.07) is 0. The minimum absolute atomic E-state index is 0.914. The molecule has 9 heavy (non-hydrogen) atoms. The van der Waals surface area contributed by atoms with E-state index in [0.29, 0.717) is 0 Å². The molecule has 2 aliphatic rings. The minimum Gasteiger partial charge on any atom is -0.330 e. The Morgan fingerprint density at radius 2 is 1.89 bits per heavy atom. The Bertz CT molecular complexity index is 105. The third-order valence-corrected chi connectivity index (χ3v) is 3.01. The van der Waals surface area contributed by atoms with E-state index >= 15 is 0 Å². The fourth-order valence-corrected chi connectivity index (χ4v) is 2.03. The van der Waals surface area contributed by atoms with E-state index in [1.807, 2.05) is 0 Å². The molecule has 1 nitrogen and oxygen atoms in total. The average Bonchev–Trinajstić information content (AvgIpc) is 2.48. The monoisotopic (exact) mass is 125 g/mol. The molecule has 0 saturated heterocycles. The molecular formula is C8H15N. The molecule has 0 aliphatic heterocycles. The van der Waals surface area contributed by atoms with Crippen molar-refractivity contribution >= 4 is 0 Å². The van der Waals surface area contributed by atoms with Gasteiger partial charge in [-0.05, 0) is 50.0 Å². The lowest BCUT2D eigenvalue weighted by atomic mass is 9.71. The van der Waals surface area contributed by atoms with Gasteiger partial charge in [-0.15, -0.1) is 0 Å². The van der Waals surface area contributed by atoms with Gasteiger partial charge in [-0.3, -0.25) is 0 Å². The standard InChI is InChI=1S/C8H15N/c9-5-7-3-4-8(7)6-1-2-6/h6-8H,1-5,9H2. The summed E-state index contributed by atoms with van der Waals surface area (Å²) in [5.41, 5.74) is 5.59. The molecule has 0 radical (unpaired) electrons. The van der Waals surface area contributed by atoms with Gasteiger partial charge in [0.2, 0.25) is 0 Å². The highest BCUT2D eigenvalue weighted by molar-refractivity contribution is 4.92. The molecule has 2 aliphatic carbocycles. The zero-order valence-electron chi connectivity index (χ0n) is 5.84. The first kappa shape index (κ1) is 5.72. The van der Waals surface area contributed by atoms with Crippen molar-refractivity contribution in [2.24, 2.45) is 23.5 Å². The fourth-order valence-electron chi connectivity index (χ4n) is 2.03. The van der Waals surface area contributed by atoms with Gasteiger partial charge in [0.1, 0.15) is 0 Å². The van der Waals surface area contributed by atoms with E-state index < -0.39 is 0 Å². The maximum atomic E-state index is 5.59. The van der Waals surface area contributed by atoms with Crippen LogP contribution < -0.4 is 5.73 Å². The van der Waals surface area contributed by atoms with Crippen molar-refractivity contribution in [2.75, 3.05) is 6.54 Å². The molecule has 0 aromatic rings. The summed E-state index contributed by atoms with van der Waals surface area (Å²) >= 11 is 0. The van der Waals surface area contributed by atoms with Crippen molar-refractivity contribution in [1.82, 2.24) is 0 Å². The summed E-state index contributed by atoms with van der Waals surface area (Å²) in [6.07, 6.45) is 5.90. The van der Waals surface area contributed by atoms with Crippen LogP contribution in [0.2, 0.25) is 0 Å². The van der Waals surface area contributed by atoms with Gasteiger partial charge in [0.05, 0.1) is 0 Å². The Hall–Kier alpha value is -0.0400. The molecule has 52 valence electrons. The SMILES string of the molecule is NCC1CCC1C1CC1. The molecule has 2 fully saturated rings. The van der Waals surface area contributed by atoms with E-state index in [-0.39, 0.29) is 0 Å². The molecule has 1 heteroatoms. The lowest BCUT2D eigenvalue weighted by Gasteiger charge is -2.36. The summed E-state index contributed by atoms with van der Waals surface area (Å²) in [7, 11) is 0. The molecule has 0 bridgehead atoms. The van der Waals surface area contributed by atoms with Gasteiger partial charge < -0.3 is 5.73 Å². The lowest BCUT2D eigenvalue weighted by Crippen LogP contribution is -2.33. The predicted octanol–water partition coefficient (Wildman–Crippen LogP) is 1.38. The van der Waals surface area contributed by atoms with Gasteiger partial charge >= 0.3 is 0 Å². The van der Waals surface area contributed by atoms with Crippen molar-refractivity contribution < 1.29 is 0 Å². The van der Waals surface area contributed by atoms with Crippen LogP contribution in [0.15, 0.2) is 0 Å². The first-order valence-corrected chi connectivity index (χ1v) is 4.12.